The Balaban J connectivity index is 2.10. The van der Waals surface area contributed by atoms with Gasteiger partial charge in [0.05, 0.1) is 10.5 Å². The fourth-order valence-corrected chi connectivity index (χ4v) is 3.48. The van der Waals surface area contributed by atoms with Crippen LogP contribution in [0.25, 0.3) is 5.76 Å². The maximum Gasteiger partial charge on any atom is 0.343 e. The predicted octanol–water partition coefficient (Wildman–Crippen LogP) is 4.61. The molecule has 4 nitrogen and oxygen atoms in total. The molecule has 3 rings (SSSR count). The maximum absolute atomic E-state index is 15.1. The predicted molar refractivity (Wildman–Crippen MR) is 100.0 cm³/mol. The normalized spacial score (nSPS) is 12.2. The van der Waals surface area contributed by atoms with Gasteiger partial charge < -0.3 is 4.74 Å². The van der Waals surface area contributed by atoms with E-state index in [1.165, 1.54) is 48.5 Å². The van der Waals surface area contributed by atoms with Gasteiger partial charge >= 0.3 is 5.97 Å². The summed E-state index contributed by atoms with van der Waals surface area (Å²) in [5, 5.41) is -1.52. The Kier molecular flexibility index (Phi) is 5.47. The van der Waals surface area contributed by atoms with Gasteiger partial charge in [-0.25, -0.2) is 13.2 Å². The number of carbonyl (C=O) groups excluding carboxylic acids is 1. The summed E-state index contributed by atoms with van der Waals surface area (Å²) in [7, 11) is -4.48. The van der Waals surface area contributed by atoms with Gasteiger partial charge in [-0.05, 0) is 24.3 Å². The molecular formula is C21H15FO4S. The van der Waals surface area contributed by atoms with Crippen LogP contribution < -0.4 is 0 Å². The Hall–Kier alpha value is -3.25. The molecule has 0 fully saturated rings. The van der Waals surface area contributed by atoms with Crippen LogP contribution in [-0.2, 0) is 14.6 Å². The van der Waals surface area contributed by atoms with Crippen molar-refractivity contribution in [2.24, 2.45) is 0 Å². The second-order valence-electron chi connectivity index (χ2n) is 5.54. The second kappa shape index (κ2) is 7.97. The number of hydrogen-bond donors (Lipinski definition) is 0. The zero-order valence-electron chi connectivity index (χ0n) is 14.1. The van der Waals surface area contributed by atoms with Gasteiger partial charge in [0.2, 0.25) is 9.84 Å². The van der Waals surface area contributed by atoms with Crippen molar-refractivity contribution in [2.45, 2.75) is 4.90 Å². The molecule has 0 saturated carbocycles. The molecule has 0 bridgehead atoms. The number of hydrogen-bond acceptors (Lipinski definition) is 4. The minimum Gasteiger partial charge on any atom is -0.418 e. The Morgan fingerprint density at radius 3 is 1.67 bits per heavy atom. The van der Waals surface area contributed by atoms with Gasteiger partial charge in [0.25, 0.3) is 5.16 Å². The lowest BCUT2D eigenvalue weighted by molar-refractivity contribution is 0.0689. The first-order valence-electron chi connectivity index (χ1n) is 8.02. The molecule has 0 amide bonds. The minimum absolute atomic E-state index is 0.138. The van der Waals surface area contributed by atoms with E-state index in [2.05, 4.69) is 0 Å². The lowest BCUT2D eigenvalue weighted by Crippen LogP contribution is -2.10. The van der Waals surface area contributed by atoms with E-state index in [1.807, 2.05) is 0 Å². The Morgan fingerprint density at radius 2 is 1.15 bits per heavy atom. The molecule has 0 saturated heterocycles. The van der Waals surface area contributed by atoms with Crippen molar-refractivity contribution < 1.29 is 22.3 Å². The van der Waals surface area contributed by atoms with Crippen LogP contribution in [0.1, 0.15) is 15.9 Å². The smallest absolute Gasteiger partial charge is 0.343 e. The molecule has 0 radical (unpaired) electrons. The van der Waals surface area contributed by atoms with E-state index in [0.717, 1.165) is 0 Å². The van der Waals surface area contributed by atoms with Crippen LogP contribution in [0.5, 0.6) is 0 Å². The van der Waals surface area contributed by atoms with Crippen molar-refractivity contribution in [1.29, 1.82) is 0 Å². The summed E-state index contributed by atoms with van der Waals surface area (Å²) in [6.07, 6.45) is 0. The van der Waals surface area contributed by atoms with Crippen molar-refractivity contribution in [3.8, 4) is 0 Å². The first kappa shape index (κ1) is 18.5. The van der Waals surface area contributed by atoms with Gasteiger partial charge in [-0.1, -0.05) is 66.7 Å². The van der Waals surface area contributed by atoms with E-state index in [4.69, 9.17) is 4.74 Å². The summed E-state index contributed by atoms with van der Waals surface area (Å²) in [6, 6.07) is 22.9. The molecular weight excluding hydrogens is 367 g/mol. The SMILES string of the molecule is O=C(O/C(=C(/F)S(=O)(=O)c1ccccc1)c1ccccc1)c1ccccc1. The summed E-state index contributed by atoms with van der Waals surface area (Å²) in [6.45, 7) is 0. The Morgan fingerprint density at radius 1 is 0.704 bits per heavy atom. The van der Waals surface area contributed by atoms with Crippen LogP contribution >= 0.6 is 0 Å². The minimum atomic E-state index is -4.48. The van der Waals surface area contributed by atoms with Crippen LogP contribution in [-0.4, -0.2) is 14.4 Å². The highest BCUT2D eigenvalue weighted by Gasteiger charge is 2.28. The number of benzene rings is 3. The molecule has 3 aromatic rings. The molecule has 0 aliphatic carbocycles. The third-order valence-corrected chi connectivity index (χ3v) is 5.26. The van der Waals surface area contributed by atoms with Crippen LogP contribution in [0.3, 0.4) is 0 Å². The zero-order chi connectivity index (χ0) is 19.3. The Bertz CT molecular complexity index is 1060. The summed E-state index contributed by atoms with van der Waals surface area (Å²) >= 11 is 0. The van der Waals surface area contributed by atoms with Crippen molar-refractivity contribution in [3.05, 3.63) is 107 Å². The van der Waals surface area contributed by atoms with Crippen LogP contribution in [0.15, 0.2) is 101 Å². The van der Waals surface area contributed by atoms with Crippen molar-refractivity contribution in [3.63, 3.8) is 0 Å². The fourth-order valence-electron chi connectivity index (χ4n) is 2.35. The number of halogens is 1. The zero-order valence-corrected chi connectivity index (χ0v) is 14.9. The summed E-state index contributed by atoms with van der Waals surface area (Å²) in [5.41, 5.74) is 0.314. The molecule has 0 N–H and O–H groups in total. The first-order chi connectivity index (χ1) is 13.0. The maximum atomic E-state index is 15.1. The molecule has 6 heteroatoms. The van der Waals surface area contributed by atoms with Gasteiger partial charge in [-0.15, -0.1) is 0 Å². The van der Waals surface area contributed by atoms with E-state index in [-0.39, 0.29) is 16.0 Å². The van der Waals surface area contributed by atoms with E-state index < -0.39 is 26.7 Å². The Labute approximate surface area is 156 Å². The van der Waals surface area contributed by atoms with Gasteiger partial charge in [0.1, 0.15) is 0 Å². The average molecular weight is 382 g/mol. The second-order valence-corrected chi connectivity index (χ2v) is 7.38. The molecule has 27 heavy (non-hydrogen) atoms. The van der Waals surface area contributed by atoms with E-state index in [0.29, 0.717) is 0 Å². The standard InChI is InChI=1S/C21H15FO4S/c22-20(27(24,25)18-14-8-3-9-15-18)19(16-10-4-1-5-11-16)26-21(23)17-12-6-2-7-13-17/h1-15H/b20-19-. The van der Waals surface area contributed by atoms with Gasteiger partial charge in [0.15, 0.2) is 5.76 Å². The molecule has 3 aromatic carbocycles. The lowest BCUT2D eigenvalue weighted by atomic mass is 10.2. The highest BCUT2D eigenvalue weighted by molar-refractivity contribution is 7.95. The quantitative estimate of drug-likeness (QED) is 0.477. The number of ether oxygens (including phenoxy) is 1. The molecule has 0 unspecified atom stereocenters. The number of sulfone groups is 1. The van der Waals surface area contributed by atoms with Gasteiger partial charge in [-0.2, -0.15) is 4.39 Å². The monoisotopic (exact) mass is 382 g/mol. The number of esters is 1. The van der Waals surface area contributed by atoms with Crippen LogP contribution in [0, 0.1) is 0 Å². The third-order valence-electron chi connectivity index (χ3n) is 3.71. The number of carbonyl (C=O) groups is 1. The average Bonchev–Trinajstić information content (AvgIpc) is 2.73. The topological polar surface area (TPSA) is 60.4 Å². The van der Waals surface area contributed by atoms with Gasteiger partial charge in [0, 0.05) is 5.56 Å². The number of rotatable bonds is 5. The molecule has 0 atom stereocenters. The summed E-state index contributed by atoms with van der Waals surface area (Å²) < 4.78 is 45.6. The highest BCUT2D eigenvalue weighted by Crippen LogP contribution is 2.30. The third kappa shape index (κ3) is 4.12. The van der Waals surface area contributed by atoms with Crippen molar-refractivity contribution in [2.75, 3.05) is 0 Å². The molecule has 0 aromatic heterocycles. The van der Waals surface area contributed by atoms with E-state index in [1.54, 1.807) is 42.5 Å². The van der Waals surface area contributed by atoms with Crippen LogP contribution in [0.2, 0.25) is 0 Å². The summed E-state index contributed by atoms with van der Waals surface area (Å²) in [5.74, 6) is -1.50. The molecule has 136 valence electrons. The summed E-state index contributed by atoms with van der Waals surface area (Å²) in [4.78, 5) is 12.1. The van der Waals surface area contributed by atoms with E-state index >= 15 is 4.39 Å². The van der Waals surface area contributed by atoms with Crippen molar-refractivity contribution in [1.82, 2.24) is 0 Å². The highest BCUT2D eigenvalue weighted by atomic mass is 32.2. The molecule has 0 aliphatic heterocycles. The fraction of sp³-hybridized carbons (Fsp3) is 0. The van der Waals surface area contributed by atoms with Crippen molar-refractivity contribution >= 4 is 21.6 Å². The lowest BCUT2D eigenvalue weighted by Gasteiger charge is -2.11. The van der Waals surface area contributed by atoms with E-state index in [9.17, 15) is 13.2 Å². The largest absolute Gasteiger partial charge is 0.418 e. The molecule has 0 spiro atoms. The molecule has 0 aliphatic rings. The van der Waals surface area contributed by atoms with Gasteiger partial charge in [-0.3, -0.25) is 0 Å². The van der Waals surface area contributed by atoms with Crippen LogP contribution in [0.4, 0.5) is 4.39 Å². The first-order valence-corrected chi connectivity index (χ1v) is 9.51. The molecule has 0 heterocycles.